The zero-order valence-corrected chi connectivity index (χ0v) is 13.4. The number of rotatable bonds is 8. The number of halogens is 1. The second-order valence-corrected chi connectivity index (χ2v) is 5.16. The van der Waals surface area contributed by atoms with E-state index in [2.05, 4.69) is 37.4 Å². The molecule has 1 aromatic rings. The van der Waals surface area contributed by atoms with E-state index in [0.29, 0.717) is 13.0 Å². The number of hydrogen-bond donors (Lipinski definition) is 2. The number of unbranched alkanes of at least 4 members (excludes halogenated alkanes) is 3. The lowest BCUT2D eigenvalue weighted by molar-refractivity contribution is -0.121. The fraction of sp³-hybridized carbons (Fsp3) is 0.562. The SMILES string of the molecule is Cc1ccc(CNC(=O)CCCCCCN)c(C)c1.Cl. The Bertz CT molecular complexity index is 407. The first-order chi connectivity index (χ1) is 9.13. The molecule has 0 aliphatic heterocycles. The molecule has 4 heteroatoms. The summed E-state index contributed by atoms with van der Waals surface area (Å²) in [5.41, 5.74) is 9.12. The zero-order valence-electron chi connectivity index (χ0n) is 12.6. The van der Waals surface area contributed by atoms with Gasteiger partial charge in [0.15, 0.2) is 0 Å². The molecule has 0 bridgehead atoms. The fourth-order valence-electron chi connectivity index (χ4n) is 2.11. The van der Waals surface area contributed by atoms with Gasteiger partial charge in [-0.05, 0) is 44.4 Å². The minimum Gasteiger partial charge on any atom is -0.352 e. The van der Waals surface area contributed by atoms with E-state index in [1.54, 1.807) is 0 Å². The van der Waals surface area contributed by atoms with E-state index in [0.717, 1.165) is 32.2 Å². The molecule has 0 radical (unpaired) electrons. The van der Waals surface area contributed by atoms with Crippen LogP contribution in [0.2, 0.25) is 0 Å². The van der Waals surface area contributed by atoms with Crippen LogP contribution in [0, 0.1) is 13.8 Å². The number of amides is 1. The number of nitrogens with one attached hydrogen (secondary N) is 1. The highest BCUT2D eigenvalue weighted by Gasteiger charge is 2.03. The Morgan fingerprint density at radius 3 is 2.50 bits per heavy atom. The predicted molar refractivity (Wildman–Crippen MR) is 87.2 cm³/mol. The summed E-state index contributed by atoms with van der Waals surface area (Å²) >= 11 is 0. The molecule has 20 heavy (non-hydrogen) atoms. The van der Waals surface area contributed by atoms with Crippen molar-refractivity contribution in [2.75, 3.05) is 6.54 Å². The van der Waals surface area contributed by atoms with Crippen LogP contribution in [-0.2, 0) is 11.3 Å². The van der Waals surface area contributed by atoms with Gasteiger partial charge in [-0.2, -0.15) is 0 Å². The Labute approximate surface area is 128 Å². The molecule has 114 valence electrons. The van der Waals surface area contributed by atoms with Gasteiger partial charge in [-0.15, -0.1) is 12.4 Å². The second kappa shape index (κ2) is 10.7. The number of hydrogen-bond acceptors (Lipinski definition) is 2. The lowest BCUT2D eigenvalue weighted by atomic mass is 10.1. The smallest absolute Gasteiger partial charge is 0.220 e. The molecular weight excluding hydrogens is 272 g/mol. The Morgan fingerprint density at radius 1 is 1.15 bits per heavy atom. The minimum absolute atomic E-state index is 0. The van der Waals surface area contributed by atoms with E-state index in [9.17, 15) is 4.79 Å². The summed E-state index contributed by atoms with van der Waals surface area (Å²) in [7, 11) is 0. The van der Waals surface area contributed by atoms with Crippen LogP contribution in [0.4, 0.5) is 0 Å². The molecule has 0 aromatic heterocycles. The van der Waals surface area contributed by atoms with Crippen molar-refractivity contribution in [1.29, 1.82) is 0 Å². The number of carbonyl (C=O) groups excluding carboxylic acids is 1. The molecular formula is C16H27ClN2O. The van der Waals surface area contributed by atoms with Crippen LogP contribution in [0.5, 0.6) is 0 Å². The van der Waals surface area contributed by atoms with Crippen LogP contribution in [0.25, 0.3) is 0 Å². The van der Waals surface area contributed by atoms with Crippen molar-refractivity contribution in [3.05, 3.63) is 34.9 Å². The third kappa shape index (κ3) is 7.51. The zero-order chi connectivity index (χ0) is 14.1. The van der Waals surface area contributed by atoms with E-state index < -0.39 is 0 Å². The predicted octanol–water partition coefficient (Wildman–Crippen LogP) is 3.25. The van der Waals surface area contributed by atoms with Gasteiger partial charge in [-0.1, -0.05) is 36.6 Å². The molecule has 0 saturated heterocycles. The summed E-state index contributed by atoms with van der Waals surface area (Å²) < 4.78 is 0. The number of aryl methyl sites for hydroxylation is 2. The molecule has 1 rings (SSSR count). The van der Waals surface area contributed by atoms with Crippen molar-refractivity contribution in [2.45, 2.75) is 52.5 Å². The normalized spacial score (nSPS) is 9.95. The fourth-order valence-corrected chi connectivity index (χ4v) is 2.11. The summed E-state index contributed by atoms with van der Waals surface area (Å²) in [6.07, 6.45) is 4.85. The average molecular weight is 299 g/mol. The largest absolute Gasteiger partial charge is 0.352 e. The molecule has 3 N–H and O–H groups in total. The topological polar surface area (TPSA) is 55.1 Å². The monoisotopic (exact) mass is 298 g/mol. The summed E-state index contributed by atoms with van der Waals surface area (Å²) in [6, 6.07) is 6.32. The van der Waals surface area contributed by atoms with Crippen molar-refractivity contribution in [3.8, 4) is 0 Å². The third-order valence-electron chi connectivity index (χ3n) is 3.33. The van der Waals surface area contributed by atoms with Crippen LogP contribution in [0.15, 0.2) is 18.2 Å². The standard InChI is InChI=1S/C16H26N2O.ClH/c1-13-8-9-15(14(2)11-13)12-18-16(19)7-5-3-4-6-10-17;/h8-9,11H,3-7,10,12,17H2,1-2H3,(H,18,19);1H. The minimum atomic E-state index is 0. The molecule has 0 unspecified atom stereocenters. The Hall–Kier alpha value is -1.06. The van der Waals surface area contributed by atoms with Gasteiger partial charge >= 0.3 is 0 Å². The Kier molecular flexibility index (Phi) is 10.1. The van der Waals surface area contributed by atoms with Crippen molar-refractivity contribution in [1.82, 2.24) is 5.32 Å². The molecule has 0 heterocycles. The Morgan fingerprint density at radius 2 is 1.85 bits per heavy atom. The van der Waals surface area contributed by atoms with Gasteiger partial charge in [0.2, 0.25) is 5.91 Å². The maximum Gasteiger partial charge on any atom is 0.220 e. The first-order valence-corrected chi connectivity index (χ1v) is 7.16. The molecule has 1 aromatic carbocycles. The molecule has 0 aliphatic carbocycles. The van der Waals surface area contributed by atoms with E-state index in [1.165, 1.54) is 16.7 Å². The van der Waals surface area contributed by atoms with Gasteiger partial charge in [-0.3, -0.25) is 4.79 Å². The summed E-state index contributed by atoms with van der Waals surface area (Å²) in [6.45, 7) is 5.55. The maximum atomic E-state index is 11.7. The first-order valence-electron chi connectivity index (χ1n) is 7.16. The molecule has 0 aliphatic rings. The lowest BCUT2D eigenvalue weighted by Crippen LogP contribution is -2.22. The highest BCUT2D eigenvalue weighted by atomic mass is 35.5. The van der Waals surface area contributed by atoms with Crippen LogP contribution in [0.3, 0.4) is 0 Å². The second-order valence-electron chi connectivity index (χ2n) is 5.16. The average Bonchev–Trinajstić information content (AvgIpc) is 2.37. The lowest BCUT2D eigenvalue weighted by Gasteiger charge is -2.09. The van der Waals surface area contributed by atoms with Crippen molar-refractivity contribution in [2.24, 2.45) is 5.73 Å². The van der Waals surface area contributed by atoms with E-state index in [-0.39, 0.29) is 18.3 Å². The first kappa shape index (κ1) is 18.9. The molecule has 1 amide bonds. The van der Waals surface area contributed by atoms with Gasteiger partial charge in [0.25, 0.3) is 0 Å². The number of carbonyl (C=O) groups is 1. The highest BCUT2D eigenvalue weighted by molar-refractivity contribution is 5.85. The molecule has 0 atom stereocenters. The van der Waals surface area contributed by atoms with Crippen LogP contribution >= 0.6 is 12.4 Å². The van der Waals surface area contributed by atoms with E-state index in [4.69, 9.17) is 5.73 Å². The van der Waals surface area contributed by atoms with E-state index >= 15 is 0 Å². The third-order valence-corrected chi connectivity index (χ3v) is 3.33. The van der Waals surface area contributed by atoms with Gasteiger partial charge in [-0.25, -0.2) is 0 Å². The summed E-state index contributed by atoms with van der Waals surface area (Å²) in [5.74, 6) is 0.146. The van der Waals surface area contributed by atoms with Gasteiger partial charge in [0.1, 0.15) is 0 Å². The summed E-state index contributed by atoms with van der Waals surface area (Å²) in [4.78, 5) is 11.7. The Balaban J connectivity index is 0.00000361. The highest BCUT2D eigenvalue weighted by Crippen LogP contribution is 2.10. The van der Waals surface area contributed by atoms with Crippen LogP contribution < -0.4 is 11.1 Å². The van der Waals surface area contributed by atoms with Gasteiger partial charge in [0.05, 0.1) is 0 Å². The number of nitrogens with two attached hydrogens (primary N) is 1. The molecule has 0 fully saturated rings. The van der Waals surface area contributed by atoms with Crippen molar-refractivity contribution >= 4 is 18.3 Å². The molecule has 0 saturated carbocycles. The van der Waals surface area contributed by atoms with Crippen molar-refractivity contribution < 1.29 is 4.79 Å². The van der Waals surface area contributed by atoms with E-state index in [1.807, 2.05) is 0 Å². The van der Waals surface area contributed by atoms with Gasteiger partial charge in [0, 0.05) is 13.0 Å². The van der Waals surface area contributed by atoms with Crippen LogP contribution in [0.1, 0.15) is 48.8 Å². The quantitative estimate of drug-likeness (QED) is 0.724. The van der Waals surface area contributed by atoms with Crippen LogP contribution in [-0.4, -0.2) is 12.5 Å². The van der Waals surface area contributed by atoms with Gasteiger partial charge < -0.3 is 11.1 Å². The maximum absolute atomic E-state index is 11.7. The molecule has 3 nitrogen and oxygen atoms in total. The summed E-state index contributed by atoms with van der Waals surface area (Å²) in [5, 5.41) is 2.99. The van der Waals surface area contributed by atoms with Crippen molar-refractivity contribution in [3.63, 3.8) is 0 Å². The number of benzene rings is 1. The molecule has 0 spiro atoms.